The Balaban J connectivity index is 1.74. The van der Waals surface area contributed by atoms with Crippen molar-refractivity contribution in [2.24, 2.45) is 0 Å². The Labute approximate surface area is 153 Å². The number of benzene rings is 2. The van der Waals surface area contributed by atoms with Crippen molar-refractivity contribution in [3.05, 3.63) is 83.4 Å². The molecule has 0 unspecified atom stereocenters. The number of aliphatic carboxylic acids is 1. The lowest BCUT2D eigenvalue weighted by Crippen LogP contribution is -2.02. The summed E-state index contributed by atoms with van der Waals surface area (Å²) in [6.45, 7) is 0. The molecule has 1 heterocycles. The first-order chi connectivity index (χ1) is 12.5. The zero-order valence-electron chi connectivity index (χ0n) is 13.5. The predicted octanol–water partition coefficient (Wildman–Crippen LogP) is 4.92. The predicted molar refractivity (Wildman–Crippen MR) is 98.9 cm³/mol. The first-order valence-corrected chi connectivity index (χ1v) is 8.46. The number of thiophene rings is 1. The molecule has 0 aliphatic carbocycles. The summed E-state index contributed by atoms with van der Waals surface area (Å²) in [6, 6.07) is 20.2. The Hall–Kier alpha value is -3.38. The maximum absolute atomic E-state index is 12.0. The van der Waals surface area contributed by atoms with Gasteiger partial charge in [0.2, 0.25) is 5.76 Å². The third kappa shape index (κ3) is 4.17. The number of ketones is 1. The van der Waals surface area contributed by atoms with Gasteiger partial charge in [0.25, 0.3) is 0 Å². The molecule has 0 bridgehead atoms. The van der Waals surface area contributed by atoms with Gasteiger partial charge in [0.1, 0.15) is 11.5 Å². The van der Waals surface area contributed by atoms with Gasteiger partial charge in [-0.2, -0.15) is 0 Å². The Morgan fingerprint density at radius 3 is 2.15 bits per heavy atom. The summed E-state index contributed by atoms with van der Waals surface area (Å²) in [6.07, 6.45) is 0.703. The van der Waals surface area contributed by atoms with Gasteiger partial charge in [-0.3, -0.25) is 4.79 Å². The van der Waals surface area contributed by atoms with E-state index in [1.165, 1.54) is 11.3 Å². The third-order valence-corrected chi connectivity index (χ3v) is 4.60. The Morgan fingerprint density at radius 1 is 0.846 bits per heavy atom. The lowest BCUT2D eigenvalue weighted by Gasteiger charge is -2.06. The molecule has 0 saturated heterocycles. The number of aliphatic hydroxyl groups is 1. The van der Waals surface area contributed by atoms with E-state index in [1.807, 2.05) is 54.6 Å². The second kappa shape index (κ2) is 7.67. The van der Waals surface area contributed by atoms with Crippen LogP contribution in [0.5, 0.6) is 11.5 Å². The highest BCUT2D eigenvalue weighted by atomic mass is 32.1. The highest BCUT2D eigenvalue weighted by Gasteiger charge is 2.12. The number of hydrogen-bond acceptors (Lipinski definition) is 5. The molecule has 5 nitrogen and oxygen atoms in total. The fourth-order valence-corrected chi connectivity index (χ4v) is 3.12. The van der Waals surface area contributed by atoms with Gasteiger partial charge in [-0.1, -0.05) is 18.2 Å². The number of hydrogen-bond donors (Lipinski definition) is 2. The number of ether oxygens (including phenoxy) is 1. The highest BCUT2D eigenvalue weighted by Crippen LogP contribution is 2.31. The molecule has 3 rings (SSSR count). The normalized spacial score (nSPS) is 11.2. The summed E-state index contributed by atoms with van der Waals surface area (Å²) in [5.41, 5.74) is 0.904. The maximum atomic E-state index is 12.0. The molecule has 0 fully saturated rings. The van der Waals surface area contributed by atoms with E-state index in [9.17, 15) is 9.59 Å². The summed E-state index contributed by atoms with van der Waals surface area (Å²) in [7, 11) is 0. The summed E-state index contributed by atoms with van der Waals surface area (Å²) < 4.78 is 5.74. The van der Waals surface area contributed by atoms with Crippen molar-refractivity contribution in [2.75, 3.05) is 0 Å². The van der Waals surface area contributed by atoms with Crippen molar-refractivity contribution in [1.29, 1.82) is 0 Å². The second-order valence-electron chi connectivity index (χ2n) is 5.30. The number of para-hydroxylation sites is 1. The van der Waals surface area contributed by atoms with E-state index < -0.39 is 17.5 Å². The van der Waals surface area contributed by atoms with Gasteiger partial charge >= 0.3 is 5.97 Å². The summed E-state index contributed by atoms with van der Waals surface area (Å²) in [5, 5.41) is 17.8. The van der Waals surface area contributed by atoms with Gasteiger partial charge in [0.15, 0.2) is 5.78 Å². The van der Waals surface area contributed by atoms with Crippen LogP contribution >= 0.6 is 11.3 Å². The second-order valence-corrected chi connectivity index (χ2v) is 6.39. The van der Waals surface area contributed by atoms with Gasteiger partial charge in [-0.25, -0.2) is 4.79 Å². The minimum Gasteiger partial charge on any atom is -0.502 e. The van der Waals surface area contributed by atoms with Crippen LogP contribution in [0.3, 0.4) is 0 Å². The number of carbonyl (C=O) groups excluding carboxylic acids is 1. The fraction of sp³-hybridized carbons (Fsp3) is 0. The zero-order chi connectivity index (χ0) is 18.5. The average Bonchev–Trinajstić information content (AvgIpc) is 3.13. The standard InChI is InChI=1S/C20H14O5S/c21-16(12-17(22)20(23)24)19-11-10-18(26-19)13-6-8-15(9-7-13)25-14-4-2-1-3-5-14/h1-12,22H,(H,23,24)/b17-12+. The van der Waals surface area contributed by atoms with Crippen LogP contribution in [0.25, 0.3) is 10.4 Å². The largest absolute Gasteiger partial charge is 0.502 e. The van der Waals surface area contributed by atoms with Crippen LogP contribution in [-0.2, 0) is 4.79 Å². The molecule has 2 N–H and O–H groups in total. The van der Waals surface area contributed by atoms with Crippen molar-refractivity contribution in [3.8, 4) is 21.9 Å². The zero-order valence-corrected chi connectivity index (χ0v) is 14.3. The number of carboxylic acids is 1. The molecule has 0 spiro atoms. The molecule has 26 heavy (non-hydrogen) atoms. The fourth-order valence-electron chi connectivity index (χ4n) is 2.19. The number of carboxylic acid groups (broad SMARTS) is 1. The molecule has 1 aromatic heterocycles. The van der Waals surface area contributed by atoms with Crippen molar-refractivity contribution >= 4 is 23.1 Å². The van der Waals surface area contributed by atoms with Crippen LogP contribution in [0.15, 0.2) is 78.6 Å². The van der Waals surface area contributed by atoms with Gasteiger partial charge in [0, 0.05) is 11.0 Å². The van der Waals surface area contributed by atoms with Gasteiger partial charge in [-0.05, 0) is 54.1 Å². The molecular weight excluding hydrogens is 352 g/mol. The quantitative estimate of drug-likeness (QED) is 0.368. The average molecular weight is 366 g/mol. The lowest BCUT2D eigenvalue weighted by atomic mass is 10.2. The SMILES string of the molecule is O=C(O)/C(O)=C\C(=O)c1ccc(-c2ccc(Oc3ccccc3)cc2)s1. The van der Waals surface area contributed by atoms with Crippen LogP contribution in [0.4, 0.5) is 0 Å². The molecule has 0 amide bonds. The van der Waals surface area contributed by atoms with Crippen molar-refractivity contribution in [1.82, 2.24) is 0 Å². The smallest absolute Gasteiger partial charge is 0.371 e. The number of allylic oxidation sites excluding steroid dienone is 1. The molecule has 0 aliphatic rings. The third-order valence-electron chi connectivity index (χ3n) is 3.45. The Kier molecular flexibility index (Phi) is 5.15. The van der Waals surface area contributed by atoms with Crippen molar-refractivity contribution in [3.63, 3.8) is 0 Å². The Morgan fingerprint density at radius 2 is 1.50 bits per heavy atom. The van der Waals surface area contributed by atoms with Crippen LogP contribution in [0.1, 0.15) is 9.67 Å². The van der Waals surface area contributed by atoms with Crippen LogP contribution < -0.4 is 4.74 Å². The van der Waals surface area contributed by atoms with E-state index in [4.69, 9.17) is 14.9 Å². The molecule has 3 aromatic rings. The molecule has 2 aromatic carbocycles. The number of carbonyl (C=O) groups is 2. The summed E-state index contributed by atoms with van der Waals surface area (Å²) >= 11 is 1.22. The van der Waals surface area contributed by atoms with Gasteiger partial charge in [0.05, 0.1) is 4.88 Å². The number of rotatable bonds is 6. The minimum absolute atomic E-state index is 0.345. The van der Waals surface area contributed by atoms with Crippen LogP contribution in [-0.4, -0.2) is 22.0 Å². The molecular formula is C20H14O5S. The van der Waals surface area contributed by atoms with E-state index in [2.05, 4.69) is 0 Å². The van der Waals surface area contributed by atoms with E-state index in [1.54, 1.807) is 12.1 Å². The van der Waals surface area contributed by atoms with Gasteiger partial charge < -0.3 is 14.9 Å². The summed E-state index contributed by atoms with van der Waals surface area (Å²) in [4.78, 5) is 23.7. The summed E-state index contributed by atoms with van der Waals surface area (Å²) in [5.74, 6) is -1.63. The molecule has 0 aliphatic heterocycles. The first-order valence-electron chi connectivity index (χ1n) is 7.64. The maximum Gasteiger partial charge on any atom is 0.371 e. The first kappa shape index (κ1) is 17.4. The van der Waals surface area contributed by atoms with Crippen molar-refractivity contribution < 1.29 is 24.5 Å². The molecule has 0 atom stereocenters. The van der Waals surface area contributed by atoms with E-state index >= 15 is 0 Å². The van der Waals surface area contributed by atoms with Crippen LogP contribution in [0, 0.1) is 0 Å². The molecule has 0 radical (unpaired) electrons. The van der Waals surface area contributed by atoms with E-state index in [0.717, 1.165) is 16.2 Å². The minimum atomic E-state index is -1.54. The van der Waals surface area contributed by atoms with Crippen LogP contribution in [0.2, 0.25) is 0 Å². The monoisotopic (exact) mass is 366 g/mol. The molecule has 0 saturated carbocycles. The highest BCUT2D eigenvalue weighted by molar-refractivity contribution is 7.17. The van der Waals surface area contributed by atoms with E-state index in [0.29, 0.717) is 16.7 Å². The molecule has 130 valence electrons. The van der Waals surface area contributed by atoms with Gasteiger partial charge in [-0.15, -0.1) is 11.3 Å². The number of aliphatic hydroxyl groups excluding tert-OH is 1. The topological polar surface area (TPSA) is 83.8 Å². The lowest BCUT2D eigenvalue weighted by molar-refractivity contribution is -0.135. The van der Waals surface area contributed by atoms with Crippen molar-refractivity contribution in [2.45, 2.75) is 0 Å². The Bertz CT molecular complexity index is 955. The molecule has 6 heteroatoms. The van der Waals surface area contributed by atoms with E-state index in [-0.39, 0.29) is 0 Å².